The van der Waals surface area contributed by atoms with Crippen LogP contribution in [0.1, 0.15) is 36.0 Å². The standard InChI is InChI=1S/C16H23N5OS.HI/c1-11(2)13-10-23-15(21-13)9-20-16(17-3)19-8-12-5-6-18-14(7-12)22-4;/h5-7,10-11H,8-9H2,1-4H3,(H2,17,19,20);1H. The first-order chi connectivity index (χ1) is 11.1. The van der Waals surface area contributed by atoms with Crippen LogP contribution in [0.4, 0.5) is 0 Å². The largest absolute Gasteiger partial charge is 0.481 e. The highest BCUT2D eigenvalue weighted by Gasteiger charge is 2.06. The number of nitrogens with one attached hydrogen (secondary N) is 2. The van der Waals surface area contributed by atoms with E-state index >= 15 is 0 Å². The van der Waals surface area contributed by atoms with E-state index in [-0.39, 0.29) is 24.0 Å². The molecule has 24 heavy (non-hydrogen) atoms. The average Bonchev–Trinajstić information content (AvgIpc) is 3.04. The quantitative estimate of drug-likeness (QED) is 0.393. The van der Waals surface area contributed by atoms with Gasteiger partial charge in [0.1, 0.15) is 5.01 Å². The van der Waals surface area contributed by atoms with E-state index in [9.17, 15) is 0 Å². The van der Waals surface area contributed by atoms with Gasteiger partial charge in [0.15, 0.2) is 5.96 Å². The Kier molecular flexibility index (Phi) is 8.98. The van der Waals surface area contributed by atoms with Crippen LogP contribution in [0.2, 0.25) is 0 Å². The third-order valence-corrected chi connectivity index (χ3v) is 4.13. The topological polar surface area (TPSA) is 71.4 Å². The molecule has 0 aliphatic heterocycles. The van der Waals surface area contributed by atoms with E-state index in [1.807, 2.05) is 12.1 Å². The molecule has 132 valence electrons. The van der Waals surface area contributed by atoms with E-state index in [1.165, 1.54) is 0 Å². The summed E-state index contributed by atoms with van der Waals surface area (Å²) in [7, 11) is 3.36. The molecule has 2 rings (SSSR count). The smallest absolute Gasteiger partial charge is 0.213 e. The number of halogens is 1. The number of pyridine rings is 1. The van der Waals surface area contributed by atoms with Crippen molar-refractivity contribution in [3.63, 3.8) is 0 Å². The molecule has 2 heterocycles. The highest BCUT2D eigenvalue weighted by atomic mass is 127. The maximum absolute atomic E-state index is 5.12. The second kappa shape index (κ2) is 10.4. The summed E-state index contributed by atoms with van der Waals surface area (Å²) in [5.41, 5.74) is 2.22. The zero-order valence-electron chi connectivity index (χ0n) is 14.4. The first-order valence-electron chi connectivity index (χ1n) is 7.50. The van der Waals surface area contributed by atoms with E-state index < -0.39 is 0 Å². The van der Waals surface area contributed by atoms with Crippen molar-refractivity contribution in [3.8, 4) is 5.88 Å². The van der Waals surface area contributed by atoms with Gasteiger partial charge >= 0.3 is 0 Å². The van der Waals surface area contributed by atoms with E-state index in [2.05, 4.69) is 44.8 Å². The van der Waals surface area contributed by atoms with Gasteiger partial charge in [0.25, 0.3) is 0 Å². The number of rotatable bonds is 6. The lowest BCUT2D eigenvalue weighted by molar-refractivity contribution is 0.397. The second-order valence-corrected chi connectivity index (χ2v) is 6.25. The fraction of sp³-hybridized carbons (Fsp3) is 0.438. The minimum absolute atomic E-state index is 0. The van der Waals surface area contributed by atoms with Crippen LogP contribution >= 0.6 is 35.3 Å². The Morgan fingerprint density at radius 2 is 2.08 bits per heavy atom. The third-order valence-electron chi connectivity index (χ3n) is 3.26. The number of guanidine groups is 1. The molecule has 0 atom stereocenters. The van der Waals surface area contributed by atoms with Gasteiger partial charge in [0, 0.05) is 31.2 Å². The molecule has 0 saturated carbocycles. The monoisotopic (exact) mass is 461 g/mol. The molecule has 0 aliphatic rings. The van der Waals surface area contributed by atoms with Crippen molar-refractivity contribution in [2.75, 3.05) is 14.2 Å². The maximum atomic E-state index is 5.12. The molecule has 0 bridgehead atoms. The molecular formula is C16H24IN5OS. The molecule has 2 aromatic heterocycles. The SMILES string of the molecule is CN=C(NCc1ccnc(OC)c1)NCc1nc(C(C)C)cs1.I. The fourth-order valence-corrected chi connectivity index (χ4v) is 2.80. The van der Waals surface area contributed by atoms with Crippen molar-refractivity contribution in [2.45, 2.75) is 32.9 Å². The summed E-state index contributed by atoms with van der Waals surface area (Å²) in [6.07, 6.45) is 1.73. The number of hydrogen-bond acceptors (Lipinski definition) is 5. The summed E-state index contributed by atoms with van der Waals surface area (Å²) in [6.45, 7) is 5.61. The predicted octanol–water partition coefficient (Wildman–Crippen LogP) is 3.15. The second-order valence-electron chi connectivity index (χ2n) is 5.31. The van der Waals surface area contributed by atoms with Crippen LogP contribution in [0, 0.1) is 0 Å². The minimum atomic E-state index is 0. The molecule has 0 aliphatic carbocycles. The van der Waals surface area contributed by atoms with Gasteiger partial charge < -0.3 is 15.4 Å². The molecule has 0 fully saturated rings. The number of aliphatic imine (C=N–C) groups is 1. The van der Waals surface area contributed by atoms with Gasteiger partial charge in [-0.15, -0.1) is 35.3 Å². The molecule has 2 N–H and O–H groups in total. The molecule has 0 aromatic carbocycles. The van der Waals surface area contributed by atoms with Crippen molar-refractivity contribution in [2.24, 2.45) is 4.99 Å². The fourth-order valence-electron chi connectivity index (χ4n) is 1.91. The zero-order chi connectivity index (χ0) is 16.7. The van der Waals surface area contributed by atoms with Crippen LogP contribution in [-0.2, 0) is 13.1 Å². The highest BCUT2D eigenvalue weighted by Crippen LogP contribution is 2.17. The summed E-state index contributed by atoms with van der Waals surface area (Å²) in [5.74, 6) is 1.80. The van der Waals surface area contributed by atoms with Crippen molar-refractivity contribution in [3.05, 3.63) is 40.0 Å². The molecule has 0 amide bonds. The van der Waals surface area contributed by atoms with Crippen LogP contribution in [0.3, 0.4) is 0 Å². The number of aromatic nitrogens is 2. The number of methoxy groups -OCH3 is 1. The van der Waals surface area contributed by atoms with Gasteiger partial charge in [-0.2, -0.15) is 0 Å². The summed E-state index contributed by atoms with van der Waals surface area (Å²) in [4.78, 5) is 12.9. The van der Waals surface area contributed by atoms with E-state index in [4.69, 9.17) is 4.74 Å². The molecule has 0 spiro atoms. The van der Waals surface area contributed by atoms with Gasteiger partial charge in [0.05, 0.1) is 19.3 Å². The first-order valence-corrected chi connectivity index (χ1v) is 8.38. The van der Waals surface area contributed by atoms with Crippen LogP contribution in [0.25, 0.3) is 0 Å². The summed E-state index contributed by atoms with van der Waals surface area (Å²) in [5, 5.41) is 9.72. The normalized spacial score (nSPS) is 11.1. The van der Waals surface area contributed by atoms with Crippen molar-refractivity contribution in [1.29, 1.82) is 0 Å². The average molecular weight is 461 g/mol. The lowest BCUT2D eigenvalue weighted by atomic mass is 10.2. The molecule has 2 aromatic rings. The number of thiazole rings is 1. The Balaban J connectivity index is 0.00000288. The number of ether oxygens (including phenoxy) is 1. The molecule has 0 unspecified atom stereocenters. The van der Waals surface area contributed by atoms with Crippen molar-refractivity contribution < 1.29 is 4.74 Å². The Morgan fingerprint density at radius 1 is 1.33 bits per heavy atom. The summed E-state index contributed by atoms with van der Waals surface area (Å²) in [6, 6.07) is 3.84. The first kappa shape index (κ1) is 20.6. The van der Waals surface area contributed by atoms with Crippen LogP contribution in [0.15, 0.2) is 28.7 Å². The Bertz CT molecular complexity index is 659. The Hall–Kier alpha value is -1.42. The van der Waals surface area contributed by atoms with Crippen molar-refractivity contribution in [1.82, 2.24) is 20.6 Å². The van der Waals surface area contributed by atoms with Crippen LogP contribution < -0.4 is 15.4 Å². The van der Waals surface area contributed by atoms with Gasteiger partial charge in [-0.3, -0.25) is 4.99 Å². The van der Waals surface area contributed by atoms with Gasteiger partial charge in [-0.1, -0.05) is 13.8 Å². The van der Waals surface area contributed by atoms with Crippen molar-refractivity contribution >= 4 is 41.3 Å². The molecular weight excluding hydrogens is 437 g/mol. The molecule has 6 nitrogen and oxygen atoms in total. The minimum Gasteiger partial charge on any atom is -0.481 e. The lowest BCUT2D eigenvalue weighted by Gasteiger charge is -2.11. The molecule has 0 saturated heterocycles. The predicted molar refractivity (Wildman–Crippen MR) is 109 cm³/mol. The molecule has 0 radical (unpaired) electrons. The van der Waals surface area contributed by atoms with Crippen LogP contribution in [0.5, 0.6) is 5.88 Å². The third kappa shape index (κ3) is 6.23. The Labute approximate surface area is 164 Å². The van der Waals surface area contributed by atoms with Gasteiger partial charge in [-0.25, -0.2) is 9.97 Å². The highest BCUT2D eigenvalue weighted by molar-refractivity contribution is 14.0. The van der Waals surface area contributed by atoms with Crippen LogP contribution in [-0.4, -0.2) is 30.1 Å². The van der Waals surface area contributed by atoms with Gasteiger partial charge in [0.2, 0.25) is 5.88 Å². The maximum Gasteiger partial charge on any atom is 0.213 e. The lowest BCUT2D eigenvalue weighted by Crippen LogP contribution is -2.36. The molecule has 8 heteroatoms. The Morgan fingerprint density at radius 3 is 2.71 bits per heavy atom. The van der Waals surface area contributed by atoms with E-state index in [0.29, 0.717) is 24.9 Å². The number of hydrogen-bond donors (Lipinski definition) is 2. The van der Waals surface area contributed by atoms with Gasteiger partial charge in [-0.05, 0) is 17.5 Å². The van der Waals surface area contributed by atoms with E-state index in [0.717, 1.165) is 22.2 Å². The summed E-state index contributed by atoms with van der Waals surface area (Å²) < 4.78 is 5.12. The summed E-state index contributed by atoms with van der Waals surface area (Å²) >= 11 is 1.67. The van der Waals surface area contributed by atoms with E-state index in [1.54, 1.807) is 31.7 Å². The zero-order valence-corrected chi connectivity index (χ0v) is 17.5. The number of nitrogens with zero attached hydrogens (tertiary/aromatic N) is 3.